The molecular weight excluding hydrogens is 735 g/mol. The number of fused-ring (bicyclic) bond motifs is 9. The Labute approximate surface area is 351 Å². The molecule has 5 heteroatoms. The summed E-state index contributed by atoms with van der Waals surface area (Å²) in [6.45, 7) is 13.8. The summed E-state index contributed by atoms with van der Waals surface area (Å²) in [5, 5.41) is 5.00. The van der Waals surface area contributed by atoms with Crippen molar-refractivity contribution in [2.75, 3.05) is 9.80 Å². The maximum atomic E-state index is 7.00. The van der Waals surface area contributed by atoms with Crippen LogP contribution in [0, 0.1) is 0 Å². The number of thiophene rings is 1. The van der Waals surface area contributed by atoms with Gasteiger partial charge in [0.25, 0.3) is 6.71 Å². The molecule has 286 valence electrons. The highest BCUT2D eigenvalue weighted by Gasteiger charge is 2.42. The second kappa shape index (κ2) is 13.1. The first kappa shape index (κ1) is 35.8. The van der Waals surface area contributed by atoms with Crippen molar-refractivity contribution in [3.63, 3.8) is 0 Å². The predicted molar refractivity (Wildman–Crippen MR) is 255 cm³/mol. The van der Waals surface area contributed by atoms with Gasteiger partial charge in [-0.25, -0.2) is 0 Å². The first-order chi connectivity index (χ1) is 28.5. The van der Waals surface area contributed by atoms with Crippen molar-refractivity contribution in [1.82, 2.24) is 0 Å². The van der Waals surface area contributed by atoms with E-state index >= 15 is 0 Å². The smallest absolute Gasteiger partial charge is 0.256 e. The molecule has 0 atom stereocenters. The Balaban J connectivity index is 1.07. The number of para-hydroxylation sites is 2. The van der Waals surface area contributed by atoms with Crippen LogP contribution in [0.4, 0.5) is 34.1 Å². The summed E-state index contributed by atoms with van der Waals surface area (Å²) in [6.07, 6.45) is 0. The number of ether oxygens (including phenoxy) is 1. The van der Waals surface area contributed by atoms with Crippen LogP contribution in [0.2, 0.25) is 0 Å². The topological polar surface area (TPSA) is 15.7 Å². The average Bonchev–Trinajstić information content (AvgIpc) is 3.60. The third-order valence-electron chi connectivity index (χ3n) is 12.4. The Bertz CT molecular complexity index is 3060. The van der Waals surface area contributed by atoms with Gasteiger partial charge in [-0.3, -0.25) is 0 Å². The van der Waals surface area contributed by atoms with Gasteiger partial charge in [0.05, 0.1) is 0 Å². The molecular formula is C54H45BN2OS. The van der Waals surface area contributed by atoms with Crippen LogP contribution < -0.4 is 30.9 Å². The molecule has 3 heterocycles. The minimum atomic E-state index is -0.00240. The summed E-state index contributed by atoms with van der Waals surface area (Å²) in [6, 6.07) is 60.4. The second-order valence-corrected chi connectivity index (χ2v) is 19.3. The van der Waals surface area contributed by atoms with E-state index in [2.05, 4.69) is 215 Å². The van der Waals surface area contributed by atoms with Gasteiger partial charge in [0, 0.05) is 54.3 Å². The van der Waals surface area contributed by atoms with Crippen LogP contribution in [0.5, 0.6) is 11.5 Å². The fraction of sp³-hybridized carbons (Fsp3) is 0.148. The maximum absolute atomic E-state index is 7.00. The van der Waals surface area contributed by atoms with Gasteiger partial charge >= 0.3 is 0 Å². The quantitative estimate of drug-likeness (QED) is 0.165. The first-order valence-corrected chi connectivity index (χ1v) is 21.5. The van der Waals surface area contributed by atoms with Gasteiger partial charge in [-0.2, -0.15) is 0 Å². The van der Waals surface area contributed by atoms with Gasteiger partial charge < -0.3 is 14.5 Å². The third kappa shape index (κ3) is 5.78. The van der Waals surface area contributed by atoms with Crippen LogP contribution >= 0.6 is 11.3 Å². The molecule has 0 N–H and O–H groups in total. The lowest BCUT2D eigenvalue weighted by Crippen LogP contribution is -2.59. The van der Waals surface area contributed by atoms with Crippen LogP contribution in [-0.4, -0.2) is 6.71 Å². The first-order valence-electron chi connectivity index (χ1n) is 20.7. The van der Waals surface area contributed by atoms with Crippen LogP contribution in [0.15, 0.2) is 164 Å². The largest absolute Gasteiger partial charge is 0.458 e. The van der Waals surface area contributed by atoms with Crippen LogP contribution in [0.3, 0.4) is 0 Å². The molecule has 0 unspecified atom stereocenters. The van der Waals surface area contributed by atoms with Crippen molar-refractivity contribution in [3.05, 3.63) is 175 Å². The van der Waals surface area contributed by atoms with Crippen LogP contribution in [-0.2, 0) is 10.8 Å². The normalized spacial score (nSPS) is 13.3. The number of rotatable bonds is 4. The predicted octanol–water partition coefficient (Wildman–Crippen LogP) is 13.7. The number of anilines is 6. The molecule has 3 nitrogen and oxygen atoms in total. The van der Waals surface area contributed by atoms with Gasteiger partial charge in [0.2, 0.25) is 0 Å². The molecule has 0 bridgehead atoms. The number of nitrogens with zero attached hydrogens (tertiary/aromatic N) is 2. The number of hydrogen-bond donors (Lipinski definition) is 0. The molecule has 2 aliphatic heterocycles. The summed E-state index contributed by atoms with van der Waals surface area (Å²) < 4.78 is 9.58. The standard InChI is InChI=1S/C54H45BN2OS/c1-53(2,3)35-21-24-39(25-22-35)57-46-29-23-36(54(4,5)6)31-44(46)55-45-33-50-43(32-49(45)58-48-19-13-18-47(57)51(48)55)42-27-20-34-30-40(26-28-41(34)52(42)59-50)56(37-14-9-7-10-15-37)38-16-11-8-12-17-38/h7-33H,1-6H3. The minimum absolute atomic E-state index is 0.00240. The molecule has 0 amide bonds. The summed E-state index contributed by atoms with van der Waals surface area (Å²) in [5.74, 6) is 1.88. The van der Waals surface area contributed by atoms with Crippen LogP contribution in [0.1, 0.15) is 52.7 Å². The second-order valence-electron chi connectivity index (χ2n) is 18.2. The maximum Gasteiger partial charge on any atom is 0.256 e. The van der Waals surface area contributed by atoms with Crippen molar-refractivity contribution in [3.8, 4) is 11.5 Å². The van der Waals surface area contributed by atoms with Gasteiger partial charge in [-0.05, 0) is 128 Å². The molecule has 0 fully saturated rings. The van der Waals surface area contributed by atoms with E-state index in [1.54, 1.807) is 0 Å². The SMILES string of the molecule is CC(C)(C)c1ccc(N2c3ccc(C(C)(C)C)cc3B3c4cc5sc6c7ccc(N(c8ccccc8)c8ccccc8)cc7ccc6c5cc4Oc4cccc2c43)cc1. The van der Waals surface area contributed by atoms with Crippen molar-refractivity contribution < 1.29 is 4.74 Å². The molecule has 59 heavy (non-hydrogen) atoms. The minimum Gasteiger partial charge on any atom is -0.458 e. The zero-order chi connectivity index (χ0) is 40.2. The molecule has 0 saturated heterocycles. The van der Waals surface area contributed by atoms with E-state index in [1.165, 1.54) is 69.8 Å². The van der Waals surface area contributed by atoms with Gasteiger partial charge in [0.15, 0.2) is 0 Å². The van der Waals surface area contributed by atoms with Crippen LogP contribution in [0.25, 0.3) is 30.9 Å². The molecule has 11 rings (SSSR count). The number of hydrogen-bond acceptors (Lipinski definition) is 4. The summed E-state index contributed by atoms with van der Waals surface area (Å²) in [4.78, 5) is 4.79. The van der Waals surface area contributed by atoms with E-state index in [0.29, 0.717) is 0 Å². The highest BCUT2D eigenvalue weighted by molar-refractivity contribution is 7.26. The third-order valence-corrected chi connectivity index (χ3v) is 13.6. The van der Waals surface area contributed by atoms with E-state index in [0.717, 1.165) is 34.2 Å². The average molecular weight is 781 g/mol. The van der Waals surface area contributed by atoms with Crippen molar-refractivity contribution in [2.45, 2.75) is 52.4 Å². The monoisotopic (exact) mass is 780 g/mol. The van der Waals surface area contributed by atoms with Crippen molar-refractivity contribution >= 4 is 99.5 Å². The Morgan fingerprint density at radius 3 is 1.88 bits per heavy atom. The lowest BCUT2D eigenvalue weighted by molar-refractivity contribution is 0.488. The molecule has 0 spiro atoms. The van der Waals surface area contributed by atoms with E-state index in [-0.39, 0.29) is 17.5 Å². The molecule has 0 saturated carbocycles. The summed E-state index contributed by atoms with van der Waals surface area (Å²) in [5.41, 5.74) is 13.5. The molecule has 2 aliphatic rings. The van der Waals surface area contributed by atoms with Gasteiger partial charge in [-0.1, -0.05) is 126 Å². The lowest BCUT2D eigenvalue weighted by Gasteiger charge is -2.40. The molecule has 0 aliphatic carbocycles. The Hall–Kier alpha value is -6.30. The Morgan fingerprint density at radius 1 is 0.508 bits per heavy atom. The molecule has 0 radical (unpaired) electrons. The fourth-order valence-electron chi connectivity index (χ4n) is 9.32. The van der Waals surface area contributed by atoms with Crippen molar-refractivity contribution in [1.29, 1.82) is 0 Å². The zero-order valence-corrected chi connectivity index (χ0v) is 35.2. The summed E-state index contributed by atoms with van der Waals surface area (Å²) in [7, 11) is 0. The highest BCUT2D eigenvalue weighted by atomic mass is 32.1. The lowest BCUT2D eigenvalue weighted by atomic mass is 9.34. The number of benzene rings is 8. The summed E-state index contributed by atoms with van der Waals surface area (Å²) >= 11 is 1.90. The molecule has 8 aromatic carbocycles. The van der Waals surface area contributed by atoms with E-state index in [4.69, 9.17) is 4.74 Å². The Kier molecular flexibility index (Phi) is 7.96. The van der Waals surface area contributed by atoms with E-state index in [1.807, 2.05) is 11.3 Å². The molecule has 1 aromatic heterocycles. The Morgan fingerprint density at radius 2 is 1.19 bits per heavy atom. The van der Waals surface area contributed by atoms with E-state index in [9.17, 15) is 0 Å². The van der Waals surface area contributed by atoms with Crippen molar-refractivity contribution in [2.24, 2.45) is 0 Å². The van der Waals surface area contributed by atoms with Gasteiger partial charge in [-0.15, -0.1) is 11.3 Å². The fourth-order valence-corrected chi connectivity index (χ4v) is 10.6. The zero-order valence-electron chi connectivity index (χ0n) is 34.4. The van der Waals surface area contributed by atoms with E-state index < -0.39 is 0 Å². The van der Waals surface area contributed by atoms with Gasteiger partial charge in [0.1, 0.15) is 11.5 Å². The molecule has 9 aromatic rings. The highest BCUT2D eigenvalue weighted by Crippen LogP contribution is 2.46.